The van der Waals surface area contributed by atoms with E-state index >= 15 is 0 Å². The van der Waals surface area contributed by atoms with E-state index in [1.54, 1.807) is 19.1 Å². The molecule has 2 aromatic rings. The number of hydrogen-bond acceptors (Lipinski definition) is 5. The van der Waals surface area contributed by atoms with Crippen LogP contribution in [0.3, 0.4) is 0 Å². The van der Waals surface area contributed by atoms with Gasteiger partial charge in [-0.2, -0.15) is 5.21 Å². The van der Waals surface area contributed by atoms with Gasteiger partial charge in [0.2, 0.25) is 0 Å². The molecule has 2 amide bonds. The molecule has 1 aromatic carbocycles. The predicted octanol–water partition coefficient (Wildman–Crippen LogP) is 1.54. The van der Waals surface area contributed by atoms with Gasteiger partial charge in [-0.25, -0.2) is 9.59 Å². The summed E-state index contributed by atoms with van der Waals surface area (Å²) in [7, 11) is 0. The van der Waals surface area contributed by atoms with E-state index < -0.39 is 18.0 Å². The lowest BCUT2D eigenvalue weighted by molar-refractivity contribution is 0.0698. The minimum Gasteiger partial charge on any atom is -0.478 e. The summed E-state index contributed by atoms with van der Waals surface area (Å²) in [6.45, 7) is 1.67. The van der Waals surface area contributed by atoms with E-state index in [0.29, 0.717) is 10.3 Å². The van der Waals surface area contributed by atoms with Crippen molar-refractivity contribution >= 4 is 33.6 Å². The molecule has 21 heavy (non-hydrogen) atoms. The van der Waals surface area contributed by atoms with Gasteiger partial charge in [-0.3, -0.25) is 0 Å². The smallest absolute Gasteiger partial charge is 0.337 e. The van der Waals surface area contributed by atoms with Gasteiger partial charge in [0.05, 0.1) is 17.3 Å². The quantitative estimate of drug-likeness (QED) is 0.658. The number of amides is 2. The topological polar surface area (TPSA) is 133 Å². The van der Waals surface area contributed by atoms with Gasteiger partial charge in [-0.05, 0) is 35.0 Å². The number of aromatic carboxylic acids is 1. The van der Waals surface area contributed by atoms with E-state index in [9.17, 15) is 9.59 Å². The van der Waals surface area contributed by atoms with Gasteiger partial charge in [-0.15, -0.1) is 10.2 Å². The fourth-order valence-corrected chi connectivity index (χ4v) is 2.06. The van der Waals surface area contributed by atoms with Crippen LogP contribution in [0.2, 0.25) is 0 Å². The van der Waals surface area contributed by atoms with Gasteiger partial charge in [0.25, 0.3) is 0 Å². The Labute approximate surface area is 127 Å². The van der Waals surface area contributed by atoms with Crippen molar-refractivity contribution in [3.05, 3.63) is 34.1 Å². The second-order valence-corrected chi connectivity index (χ2v) is 4.91. The maximum atomic E-state index is 11.9. The van der Waals surface area contributed by atoms with Gasteiger partial charge in [-0.1, -0.05) is 11.3 Å². The number of rotatable bonds is 4. The predicted molar refractivity (Wildman–Crippen MR) is 75.8 cm³/mol. The summed E-state index contributed by atoms with van der Waals surface area (Å²) in [6, 6.07) is 3.52. The van der Waals surface area contributed by atoms with Gasteiger partial charge < -0.3 is 15.7 Å². The molecule has 0 spiro atoms. The van der Waals surface area contributed by atoms with Crippen LogP contribution in [0.25, 0.3) is 0 Å². The molecule has 1 aromatic heterocycles. The van der Waals surface area contributed by atoms with Crippen molar-refractivity contribution < 1.29 is 14.7 Å². The molecule has 4 N–H and O–H groups in total. The normalized spacial score (nSPS) is 11.7. The molecule has 1 heterocycles. The van der Waals surface area contributed by atoms with E-state index in [2.05, 4.69) is 47.2 Å². The molecule has 0 fully saturated rings. The lowest BCUT2D eigenvalue weighted by Crippen LogP contribution is -2.32. The fourth-order valence-electron chi connectivity index (χ4n) is 1.59. The number of aromatic nitrogens is 4. The zero-order valence-electron chi connectivity index (χ0n) is 10.8. The first-order valence-electron chi connectivity index (χ1n) is 5.81. The van der Waals surface area contributed by atoms with E-state index in [1.165, 1.54) is 6.07 Å². The summed E-state index contributed by atoms with van der Waals surface area (Å²) in [6.07, 6.45) is 0. The van der Waals surface area contributed by atoms with Crippen molar-refractivity contribution in [2.75, 3.05) is 5.32 Å². The molecule has 2 rings (SSSR count). The lowest BCUT2D eigenvalue weighted by Gasteiger charge is -2.14. The summed E-state index contributed by atoms with van der Waals surface area (Å²) in [5.74, 6) is -0.825. The molecule has 0 saturated carbocycles. The average molecular weight is 355 g/mol. The van der Waals surface area contributed by atoms with Crippen molar-refractivity contribution in [3.8, 4) is 0 Å². The van der Waals surface area contributed by atoms with E-state index in [1.807, 2.05) is 0 Å². The highest BCUT2D eigenvalue weighted by molar-refractivity contribution is 9.10. The third-order valence-corrected chi connectivity index (χ3v) is 3.24. The number of benzene rings is 1. The van der Waals surface area contributed by atoms with Crippen LogP contribution >= 0.6 is 15.9 Å². The Morgan fingerprint density at radius 1 is 1.43 bits per heavy atom. The first-order chi connectivity index (χ1) is 9.99. The summed E-state index contributed by atoms with van der Waals surface area (Å²) >= 11 is 3.20. The highest BCUT2D eigenvalue weighted by atomic mass is 79.9. The first kappa shape index (κ1) is 14.9. The van der Waals surface area contributed by atoms with Gasteiger partial charge in [0.1, 0.15) is 0 Å². The van der Waals surface area contributed by atoms with Crippen molar-refractivity contribution in [1.29, 1.82) is 0 Å². The van der Waals surface area contributed by atoms with Crippen LogP contribution < -0.4 is 10.6 Å². The number of anilines is 1. The second-order valence-electron chi connectivity index (χ2n) is 4.06. The molecule has 0 aliphatic rings. The number of hydrogen-bond donors (Lipinski definition) is 4. The lowest BCUT2D eigenvalue weighted by atomic mass is 10.2. The molecular weight excluding hydrogens is 344 g/mol. The number of nitrogens with one attached hydrogen (secondary N) is 3. The minimum atomic E-state index is -1.14. The maximum absolute atomic E-state index is 11.9. The molecular formula is C11H11BrN6O3. The number of nitrogens with zero attached hydrogens (tertiary/aromatic N) is 3. The number of urea groups is 1. The molecule has 0 saturated heterocycles. The average Bonchev–Trinajstić information content (AvgIpc) is 2.94. The second kappa shape index (κ2) is 6.31. The number of para-hydroxylation sites is 1. The number of carbonyl (C=O) groups is 2. The van der Waals surface area contributed by atoms with E-state index in [-0.39, 0.29) is 11.3 Å². The van der Waals surface area contributed by atoms with Gasteiger partial charge in [0, 0.05) is 4.47 Å². The summed E-state index contributed by atoms with van der Waals surface area (Å²) in [5, 5.41) is 27.3. The van der Waals surface area contributed by atoms with Gasteiger partial charge >= 0.3 is 12.0 Å². The molecule has 0 radical (unpaired) electrons. The number of carbonyl (C=O) groups excluding carboxylic acids is 1. The van der Waals surface area contributed by atoms with E-state index in [0.717, 1.165) is 0 Å². The Kier molecular flexibility index (Phi) is 4.48. The Bertz CT molecular complexity index is 660. The monoisotopic (exact) mass is 354 g/mol. The van der Waals surface area contributed by atoms with Crippen LogP contribution in [0.1, 0.15) is 29.1 Å². The van der Waals surface area contributed by atoms with Crippen molar-refractivity contribution in [2.45, 2.75) is 13.0 Å². The number of halogens is 1. The van der Waals surface area contributed by atoms with Crippen LogP contribution in [0.4, 0.5) is 10.5 Å². The molecule has 0 bridgehead atoms. The SMILES string of the molecule is CC(NC(=O)Nc1c(Br)cccc1C(=O)O)c1nn[nH]n1. The Balaban J connectivity index is 2.11. The van der Waals surface area contributed by atoms with Crippen molar-refractivity contribution in [1.82, 2.24) is 25.9 Å². The zero-order valence-corrected chi connectivity index (χ0v) is 12.4. The first-order valence-corrected chi connectivity index (χ1v) is 6.61. The van der Waals surface area contributed by atoms with Crippen LogP contribution in [0.5, 0.6) is 0 Å². The molecule has 10 heteroatoms. The number of H-pyrrole nitrogens is 1. The van der Waals surface area contributed by atoms with E-state index in [4.69, 9.17) is 5.11 Å². The number of tetrazole rings is 1. The van der Waals surface area contributed by atoms with Crippen LogP contribution in [-0.4, -0.2) is 37.7 Å². The molecule has 0 aliphatic heterocycles. The Hall–Kier alpha value is -2.49. The molecule has 9 nitrogen and oxygen atoms in total. The maximum Gasteiger partial charge on any atom is 0.337 e. The molecule has 0 aliphatic carbocycles. The number of carboxylic acids is 1. The van der Waals surface area contributed by atoms with Crippen LogP contribution in [-0.2, 0) is 0 Å². The standard InChI is InChI=1S/C11H11BrN6O3/c1-5(9-15-17-18-16-9)13-11(21)14-8-6(10(19)20)3-2-4-7(8)12/h2-5H,1H3,(H,19,20)(H2,13,14,21)(H,15,16,17,18). The third-order valence-electron chi connectivity index (χ3n) is 2.58. The molecule has 1 unspecified atom stereocenters. The zero-order chi connectivity index (χ0) is 15.4. The minimum absolute atomic E-state index is 0.0215. The highest BCUT2D eigenvalue weighted by Gasteiger charge is 2.18. The summed E-state index contributed by atoms with van der Waals surface area (Å²) in [5.41, 5.74) is 0.148. The fraction of sp³-hybridized carbons (Fsp3) is 0.182. The van der Waals surface area contributed by atoms with Crippen molar-refractivity contribution in [3.63, 3.8) is 0 Å². The van der Waals surface area contributed by atoms with Gasteiger partial charge in [0.15, 0.2) is 5.82 Å². The Morgan fingerprint density at radius 2 is 2.19 bits per heavy atom. The third kappa shape index (κ3) is 3.54. The number of carboxylic acid groups (broad SMARTS) is 1. The highest BCUT2D eigenvalue weighted by Crippen LogP contribution is 2.26. The largest absolute Gasteiger partial charge is 0.478 e. The molecule has 1 atom stereocenters. The van der Waals surface area contributed by atoms with Crippen molar-refractivity contribution in [2.24, 2.45) is 0 Å². The molecule has 110 valence electrons. The summed E-state index contributed by atoms with van der Waals surface area (Å²) in [4.78, 5) is 23.1. The van der Waals surface area contributed by atoms with Crippen LogP contribution in [0, 0.1) is 0 Å². The van der Waals surface area contributed by atoms with Crippen LogP contribution in [0.15, 0.2) is 22.7 Å². The summed E-state index contributed by atoms with van der Waals surface area (Å²) < 4.78 is 0.463. The number of aromatic amines is 1. The Morgan fingerprint density at radius 3 is 2.81 bits per heavy atom.